The summed E-state index contributed by atoms with van der Waals surface area (Å²) in [5.41, 5.74) is -3.83. The van der Waals surface area contributed by atoms with Crippen LogP contribution in [0.5, 0.6) is 0 Å². The van der Waals surface area contributed by atoms with E-state index in [9.17, 15) is 64.7 Å². The first-order chi connectivity index (χ1) is 47.0. The average molecular weight is 1460 g/mol. The second kappa shape index (κ2) is 32.8. The molecule has 0 radical (unpaired) electrons. The van der Waals surface area contributed by atoms with E-state index in [1.54, 1.807) is 20.8 Å². The van der Waals surface area contributed by atoms with Crippen LogP contribution in [0.1, 0.15) is 154 Å². The lowest BCUT2D eigenvalue weighted by molar-refractivity contribution is -0.160. The summed E-state index contributed by atoms with van der Waals surface area (Å²) in [6, 6.07) is -6.19. The van der Waals surface area contributed by atoms with Gasteiger partial charge in [-0.25, -0.2) is 8.78 Å². The number of carbonyl (C=O) groups excluding carboxylic acids is 11. The Hall–Kier alpha value is -7.66. The van der Waals surface area contributed by atoms with Crippen LogP contribution < -0.4 is 16.0 Å². The maximum Gasteiger partial charge on any atom is 0.417 e. The van der Waals surface area contributed by atoms with Crippen molar-refractivity contribution < 1.29 is 87.9 Å². The minimum absolute atomic E-state index is 0.0106. The number of aryl methyl sites for hydroxylation is 1. The predicted molar refractivity (Wildman–Crippen MR) is 356 cm³/mol. The van der Waals surface area contributed by atoms with Gasteiger partial charge in [-0.15, -0.1) is 0 Å². The van der Waals surface area contributed by atoms with Gasteiger partial charge in [0.1, 0.15) is 53.9 Å². The Morgan fingerprint density at radius 1 is 0.634 bits per heavy atom. The quantitative estimate of drug-likeness (QED) is 0.202. The minimum atomic E-state index is -4.87. The maximum atomic E-state index is 16.0. The van der Waals surface area contributed by atoms with Gasteiger partial charge in [-0.2, -0.15) is 26.3 Å². The van der Waals surface area contributed by atoms with Crippen molar-refractivity contribution in [2.45, 2.75) is 222 Å². The van der Waals surface area contributed by atoms with Crippen molar-refractivity contribution in [3.05, 3.63) is 69.7 Å². The Bertz CT molecular complexity index is 3410. The first kappa shape index (κ1) is 80.6. The van der Waals surface area contributed by atoms with Crippen molar-refractivity contribution >= 4 is 76.6 Å². The molecular weight excluding hydrogens is 1360 g/mol. The number of hydrogen-bond acceptors (Lipinski definition) is 11. The molecule has 7 rings (SSSR count). The number of rotatable bonds is 10. The van der Waals surface area contributed by atoms with Gasteiger partial charge in [-0.3, -0.25) is 52.7 Å². The molecule has 3 N–H and O–H groups in total. The molecule has 0 unspecified atom stereocenters. The lowest BCUT2D eigenvalue weighted by atomic mass is 9.74. The van der Waals surface area contributed by atoms with Crippen molar-refractivity contribution in [2.24, 2.45) is 17.8 Å². The fourth-order valence-corrected chi connectivity index (χ4v) is 14.4. The van der Waals surface area contributed by atoms with Gasteiger partial charge in [0, 0.05) is 74.1 Å². The summed E-state index contributed by atoms with van der Waals surface area (Å²) in [6.07, 6.45) is -8.44. The third kappa shape index (κ3) is 18.8. The number of carbonyl (C=O) groups is 11. The molecule has 11 amide bonds. The molecule has 3 saturated heterocycles. The molecule has 560 valence electrons. The van der Waals surface area contributed by atoms with E-state index >= 15 is 23.2 Å². The molecule has 5 fully saturated rings. The van der Waals surface area contributed by atoms with Gasteiger partial charge < -0.3 is 55.1 Å². The summed E-state index contributed by atoms with van der Waals surface area (Å²) in [7, 11) is 7.98. The molecule has 10 atom stereocenters. The van der Waals surface area contributed by atoms with Crippen LogP contribution in [-0.4, -0.2) is 232 Å². The zero-order chi connectivity index (χ0) is 75.3. The second-order valence-electron chi connectivity index (χ2n) is 28.7. The summed E-state index contributed by atoms with van der Waals surface area (Å²) in [5, 5.41) is 7.27. The lowest BCUT2D eigenvalue weighted by Crippen LogP contribution is -2.68. The first-order valence-electron chi connectivity index (χ1n) is 34.5. The summed E-state index contributed by atoms with van der Waals surface area (Å²) >= 11 is 6.06. The van der Waals surface area contributed by atoms with Crippen molar-refractivity contribution in [1.82, 2.24) is 55.1 Å². The normalized spacial score (nSPS) is 27.3. The molecule has 5 aliphatic rings. The number of likely N-dealkylation sites (N-methyl/N-ethyl adjacent to an activating group) is 6. The molecule has 2 aliphatic carbocycles. The lowest BCUT2D eigenvalue weighted by Gasteiger charge is -2.47. The van der Waals surface area contributed by atoms with Gasteiger partial charge in [0.15, 0.2) is 0 Å². The predicted octanol–water partition coefficient (Wildman–Crippen LogP) is 7.11. The molecule has 2 saturated carbocycles. The zero-order valence-corrected chi connectivity index (χ0v) is 60.1. The maximum absolute atomic E-state index is 16.0. The highest BCUT2D eigenvalue weighted by Gasteiger charge is 2.56. The number of halogens is 9. The SMILES string of the molecule is CC[C@H](C)[C@@H]1NC(=O)[C@H](CC(C)C)N(C)C(=O)C[C@@H](C)N(C)C(=O)[C@H](C2CCCCC2)N(C)C(=O)C2(CCC2)NC(=O)[C@@H]2CC(F)(F)CN2C(=O)[C@H](CCc2ccc(C(F)(F)F)c(Cl)c2)NC(=O)CN(C)C(=O)[C@H](Cc2ccc(C(F)(F)F)cc2)N(C)C(=O)[C@@H]2CCN2C(=O)[C@H](C)N(C)C1=O. The highest BCUT2D eigenvalue weighted by Crippen LogP contribution is 2.41. The molecular formula is C70H96ClF8N11O11. The topological polar surface area (TPSA) is 250 Å². The third-order valence-corrected chi connectivity index (χ3v) is 21.5. The van der Waals surface area contributed by atoms with Crippen molar-refractivity contribution in [3.63, 3.8) is 0 Å². The van der Waals surface area contributed by atoms with Crippen LogP contribution in [0.4, 0.5) is 35.1 Å². The van der Waals surface area contributed by atoms with Crippen LogP contribution in [0.3, 0.4) is 0 Å². The standard InChI is InChI=1S/C70H96ClF8N11O11/c1-13-40(4)56-64(99)85(9)42(6)60(95)89-31-28-50(89)63(98)87(11)52(35-44-20-24-46(25-21-44)69(74,75)76)62(97)83(7)37-54(91)80-49(27-23-43-22-26-47(48(71)34-43)70(77,78)79)61(96)90-38-68(72,73)36-53(90)59(94)82-67(29-17-30-67)66(101)88(12)57(45-18-15-14-16-19-45)65(100)84(8)41(5)33-55(92)86(10)51(32-39(2)3)58(93)81-56/h20-22,24-26,34,39-42,45,49-53,56-57H,13-19,23,27-33,35-38H2,1-12H3,(H,80,91)(H,81,93)(H,82,94)/t40-,41+,42-,49-,50-,51-,52-,53-,56-,57-/m0/s1. The van der Waals surface area contributed by atoms with E-state index in [1.165, 1.54) is 61.8 Å². The number of nitrogens with zero attached hydrogens (tertiary/aromatic N) is 8. The number of hydrogen-bond donors (Lipinski definition) is 3. The number of amides is 11. The van der Waals surface area contributed by atoms with E-state index in [0.29, 0.717) is 49.5 Å². The third-order valence-electron chi connectivity index (χ3n) is 21.2. The second-order valence-corrected chi connectivity index (χ2v) is 29.1. The zero-order valence-electron chi connectivity index (χ0n) is 59.4. The van der Waals surface area contributed by atoms with Gasteiger partial charge in [0.2, 0.25) is 65.0 Å². The molecule has 3 aliphatic heterocycles. The van der Waals surface area contributed by atoms with E-state index in [4.69, 9.17) is 11.6 Å². The Balaban J connectivity index is 1.29. The van der Waals surface area contributed by atoms with Crippen molar-refractivity contribution in [1.29, 1.82) is 0 Å². The monoisotopic (exact) mass is 1450 g/mol. The summed E-state index contributed by atoms with van der Waals surface area (Å²) in [4.78, 5) is 171. The van der Waals surface area contributed by atoms with Crippen LogP contribution in [0.15, 0.2) is 42.5 Å². The van der Waals surface area contributed by atoms with E-state index < -0.39 is 204 Å². The molecule has 101 heavy (non-hydrogen) atoms. The summed E-state index contributed by atoms with van der Waals surface area (Å²) in [5.74, 6) is -14.3. The van der Waals surface area contributed by atoms with Gasteiger partial charge in [-0.05, 0) is 125 Å². The Morgan fingerprint density at radius 2 is 1.26 bits per heavy atom. The Morgan fingerprint density at radius 3 is 1.80 bits per heavy atom. The summed E-state index contributed by atoms with van der Waals surface area (Å²) < 4.78 is 115. The summed E-state index contributed by atoms with van der Waals surface area (Å²) in [6.45, 7) is 7.87. The number of benzene rings is 2. The molecule has 0 bridgehead atoms. The minimum Gasteiger partial charge on any atom is -0.343 e. The van der Waals surface area contributed by atoms with E-state index in [0.717, 1.165) is 64.6 Å². The molecule has 31 heteroatoms. The number of fused-ring (bicyclic) bond motifs is 2. The smallest absolute Gasteiger partial charge is 0.343 e. The Labute approximate surface area is 589 Å². The Kier molecular flexibility index (Phi) is 26.2. The van der Waals surface area contributed by atoms with Crippen LogP contribution in [0.25, 0.3) is 0 Å². The van der Waals surface area contributed by atoms with Crippen molar-refractivity contribution in [3.8, 4) is 0 Å². The fourth-order valence-electron chi connectivity index (χ4n) is 14.1. The molecule has 22 nitrogen and oxygen atoms in total. The van der Waals surface area contributed by atoms with E-state index in [1.807, 2.05) is 13.8 Å². The van der Waals surface area contributed by atoms with Crippen molar-refractivity contribution in [2.75, 3.05) is 61.9 Å². The number of nitrogens with one attached hydrogen (secondary N) is 3. The molecule has 1 spiro atoms. The molecule has 2 aromatic rings. The van der Waals surface area contributed by atoms with E-state index in [2.05, 4.69) is 16.0 Å². The number of alkyl halides is 8. The van der Waals surface area contributed by atoms with Gasteiger partial charge >= 0.3 is 12.4 Å². The first-order valence-corrected chi connectivity index (χ1v) is 34.9. The van der Waals surface area contributed by atoms with Gasteiger partial charge in [0.05, 0.1) is 29.2 Å². The molecule has 2 aromatic carbocycles. The van der Waals surface area contributed by atoms with Crippen LogP contribution in [-0.2, 0) is 77.9 Å². The molecule has 0 aromatic heterocycles. The van der Waals surface area contributed by atoms with Crippen LogP contribution >= 0.6 is 11.6 Å². The highest BCUT2D eigenvalue weighted by atomic mass is 35.5. The van der Waals surface area contributed by atoms with Gasteiger partial charge in [0.25, 0.3) is 5.92 Å². The highest BCUT2D eigenvalue weighted by molar-refractivity contribution is 6.31. The largest absolute Gasteiger partial charge is 0.417 e. The average Bonchev–Trinajstić information content (AvgIpc) is 1.46. The van der Waals surface area contributed by atoms with E-state index in [-0.39, 0.29) is 62.1 Å². The van der Waals surface area contributed by atoms with Crippen LogP contribution in [0.2, 0.25) is 5.02 Å². The van der Waals surface area contributed by atoms with Gasteiger partial charge in [-0.1, -0.05) is 83.2 Å². The fraction of sp³-hybridized carbons (Fsp3) is 0.671. The molecule has 3 heterocycles. The van der Waals surface area contributed by atoms with Crippen LogP contribution in [0, 0.1) is 17.8 Å².